The summed E-state index contributed by atoms with van der Waals surface area (Å²) in [5.74, 6) is 0. The Balaban J connectivity index is 0.00000661. The topological polar surface area (TPSA) is 17.1 Å². The Hall–Kier alpha value is -3.53. The van der Waals surface area contributed by atoms with Crippen LogP contribution in [-0.4, -0.2) is 11.4 Å². The zero-order chi connectivity index (χ0) is 40.2. The van der Waals surface area contributed by atoms with Crippen LogP contribution in [0.4, 0.5) is 4.79 Å². The van der Waals surface area contributed by atoms with Crippen LogP contribution in [0.3, 0.4) is 0 Å². The molecule has 6 aromatic carbocycles. The molecule has 0 amide bonds. The first-order valence-corrected chi connectivity index (χ1v) is 26.7. The molecule has 0 heterocycles. The van der Waals surface area contributed by atoms with Gasteiger partial charge in [0.15, 0.2) is 0 Å². The van der Waals surface area contributed by atoms with Gasteiger partial charge in [0.25, 0.3) is 0 Å². The predicted octanol–water partition coefficient (Wildman–Crippen LogP) is 13.9. The minimum atomic E-state index is -4.01. The van der Waals surface area contributed by atoms with E-state index in [1.165, 1.54) is 106 Å². The number of unbranched alkanes of at least 4 members (excludes halogenated alkanes) is 15. The summed E-state index contributed by atoms with van der Waals surface area (Å²) < 4.78 is 0. The molecule has 59 heavy (non-hydrogen) atoms. The number of carbonyl (C=O) groups excluding carboxylic acids is 1. The Morgan fingerprint density at radius 2 is 0.593 bits per heavy atom. The molecule has 1 radical (unpaired) electrons. The van der Waals surface area contributed by atoms with Gasteiger partial charge in [0.05, 0.1) is 0 Å². The van der Waals surface area contributed by atoms with Gasteiger partial charge in [0, 0.05) is 19.5 Å². The van der Waals surface area contributed by atoms with Crippen LogP contribution < -0.4 is 31.8 Å². The van der Waals surface area contributed by atoms with E-state index in [2.05, 4.69) is 189 Å². The first kappa shape index (κ1) is 46.5. The number of carbonyl (C=O) groups is 1. The molecule has 0 N–H and O–H groups in total. The fourth-order valence-corrected chi connectivity index (χ4v) is 23.9. The smallest absolute Gasteiger partial charge is 0 e. The second-order valence-electron chi connectivity index (χ2n) is 16.3. The van der Waals surface area contributed by atoms with Crippen molar-refractivity contribution in [2.24, 2.45) is 0 Å². The molecule has 1 nitrogen and oxygen atoms in total. The third-order valence-corrected chi connectivity index (χ3v) is 25.0. The molecule has 0 unspecified atom stereocenters. The molecule has 0 spiro atoms. The normalized spacial score (nSPS) is 12.3. The monoisotopic (exact) mass is 908 g/mol. The standard InChI is InChI=1S/C55H67OP2.Rh/c1-2-3-4-5-6-7-8-9-10-11-12-13-14-15-16-35-48-58(52-42-29-20-30-43-52,53-44-31-21-32-45-53,54-46-33-22-34-47-54)55(56)57(49-36-23-17-24-37-49,50-38-25-18-26-39-50)51-40-27-19-28-41-51;/h17-34,36-47H,2-16,35,48H2,1H3;/q+1;. The third-order valence-electron chi connectivity index (χ3n) is 12.6. The second kappa shape index (κ2) is 24.1. The maximum atomic E-state index is 17.7. The molecule has 6 aromatic rings. The van der Waals surface area contributed by atoms with E-state index in [1.807, 2.05) is 0 Å². The van der Waals surface area contributed by atoms with Crippen LogP contribution in [0.25, 0.3) is 0 Å². The first-order chi connectivity index (χ1) is 28.7. The van der Waals surface area contributed by atoms with Crippen molar-refractivity contribution < 1.29 is 24.3 Å². The van der Waals surface area contributed by atoms with E-state index in [4.69, 9.17) is 0 Å². The van der Waals surface area contributed by atoms with Crippen molar-refractivity contribution in [1.82, 2.24) is 0 Å². The Labute approximate surface area is 370 Å². The maximum absolute atomic E-state index is 17.7. The average Bonchev–Trinajstić information content (AvgIpc) is 3.30. The quantitative estimate of drug-likeness (QED) is 0.0318. The van der Waals surface area contributed by atoms with Crippen molar-refractivity contribution in [3.8, 4) is 0 Å². The van der Waals surface area contributed by atoms with Crippen molar-refractivity contribution in [2.45, 2.75) is 110 Å². The van der Waals surface area contributed by atoms with Gasteiger partial charge in [0.2, 0.25) is 0 Å². The summed E-state index contributed by atoms with van der Waals surface area (Å²) in [6, 6.07) is 65.4. The summed E-state index contributed by atoms with van der Waals surface area (Å²) in [6.07, 6.45) is 21.9. The molecule has 0 aliphatic rings. The summed E-state index contributed by atoms with van der Waals surface area (Å²) in [7, 11) is -3.00. The summed E-state index contributed by atoms with van der Waals surface area (Å²) >= 11 is 0. The molecular weight excluding hydrogens is 841 g/mol. The van der Waals surface area contributed by atoms with Crippen LogP contribution in [0.1, 0.15) is 110 Å². The molecule has 0 aliphatic heterocycles. The predicted molar refractivity (Wildman–Crippen MR) is 260 cm³/mol. The van der Waals surface area contributed by atoms with Crippen LogP contribution >= 0.6 is 13.9 Å². The van der Waals surface area contributed by atoms with Crippen molar-refractivity contribution in [1.29, 1.82) is 0 Å². The SMILES string of the molecule is CCCCCCCCCCCCCCCCCCP(C(=O)[P+](c1ccccc1)(c1ccccc1)c1ccccc1)(c1ccccc1)(c1ccccc1)c1ccccc1.[Rh]. The fourth-order valence-electron chi connectivity index (χ4n) is 9.57. The van der Waals surface area contributed by atoms with Gasteiger partial charge < -0.3 is 0 Å². The molecular formula is C55H67OP2Rh+. The van der Waals surface area contributed by atoms with Gasteiger partial charge in [-0.25, -0.2) is 0 Å². The van der Waals surface area contributed by atoms with Gasteiger partial charge in [-0.05, 0) is 0 Å². The van der Waals surface area contributed by atoms with E-state index >= 15 is 4.79 Å². The van der Waals surface area contributed by atoms with Gasteiger partial charge in [-0.1, -0.05) is 39.0 Å². The molecule has 0 bridgehead atoms. The van der Waals surface area contributed by atoms with E-state index in [9.17, 15) is 0 Å². The molecule has 0 fully saturated rings. The Morgan fingerprint density at radius 1 is 0.356 bits per heavy atom. The van der Waals surface area contributed by atoms with Crippen LogP contribution in [0.5, 0.6) is 0 Å². The molecule has 0 aliphatic carbocycles. The van der Waals surface area contributed by atoms with Crippen molar-refractivity contribution >= 4 is 51.0 Å². The van der Waals surface area contributed by atoms with Crippen molar-refractivity contribution in [3.05, 3.63) is 182 Å². The van der Waals surface area contributed by atoms with Crippen LogP contribution in [0.15, 0.2) is 182 Å². The Kier molecular flexibility index (Phi) is 19.0. The minimum absolute atomic E-state index is 0. The van der Waals surface area contributed by atoms with Gasteiger partial charge in [-0.3, -0.25) is 0 Å². The largest absolute Gasteiger partial charge is 0 e. The summed E-state index contributed by atoms with van der Waals surface area (Å²) in [4.78, 5) is 17.7. The van der Waals surface area contributed by atoms with E-state index in [1.54, 1.807) is 0 Å². The summed E-state index contributed by atoms with van der Waals surface area (Å²) in [5, 5.41) is 7.24. The third kappa shape index (κ3) is 10.3. The van der Waals surface area contributed by atoms with Crippen molar-refractivity contribution in [3.63, 3.8) is 0 Å². The molecule has 311 valence electrons. The second-order valence-corrected chi connectivity index (χ2v) is 25.0. The zero-order valence-electron chi connectivity index (χ0n) is 35.5. The molecule has 0 saturated heterocycles. The first-order valence-electron chi connectivity index (χ1n) is 22.5. The van der Waals surface area contributed by atoms with Crippen LogP contribution in [0, 0.1) is 0 Å². The number of benzene rings is 6. The minimum Gasteiger partial charge on any atom is 0 e. The van der Waals surface area contributed by atoms with E-state index < -0.39 is 13.9 Å². The van der Waals surface area contributed by atoms with Gasteiger partial charge in [-0.15, -0.1) is 0 Å². The summed E-state index contributed by atoms with van der Waals surface area (Å²) in [6.45, 7) is -1.72. The molecule has 0 saturated carbocycles. The number of hydrogen-bond donors (Lipinski definition) is 0. The van der Waals surface area contributed by atoms with E-state index in [-0.39, 0.29) is 19.5 Å². The fraction of sp³-hybridized carbons (Fsp3) is 0.327. The Morgan fingerprint density at radius 3 is 0.864 bits per heavy atom. The Bertz CT molecular complexity index is 1840. The average molecular weight is 909 g/mol. The van der Waals surface area contributed by atoms with E-state index in [0.29, 0.717) is 5.27 Å². The molecule has 0 aromatic heterocycles. The molecule has 0 atom stereocenters. The van der Waals surface area contributed by atoms with Crippen molar-refractivity contribution in [2.75, 3.05) is 6.16 Å². The van der Waals surface area contributed by atoms with E-state index in [0.717, 1.165) is 34.9 Å². The van der Waals surface area contributed by atoms with Crippen LogP contribution in [0.2, 0.25) is 0 Å². The van der Waals surface area contributed by atoms with Gasteiger partial charge in [-0.2, -0.15) is 0 Å². The maximum Gasteiger partial charge on any atom is 0 e. The van der Waals surface area contributed by atoms with Gasteiger partial charge >= 0.3 is 315 Å². The zero-order valence-corrected chi connectivity index (χ0v) is 38.9. The number of rotatable bonds is 25. The van der Waals surface area contributed by atoms with Crippen LogP contribution in [-0.2, 0) is 19.5 Å². The van der Waals surface area contributed by atoms with Gasteiger partial charge in [0.1, 0.15) is 0 Å². The molecule has 4 heteroatoms. The summed E-state index contributed by atoms with van der Waals surface area (Å²) in [5.41, 5.74) is 0. The number of hydrogen-bond acceptors (Lipinski definition) is 1. The molecule has 6 rings (SSSR count).